The number of ether oxygens (including phenoxy) is 1. The van der Waals surface area contributed by atoms with Gasteiger partial charge in [-0.1, -0.05) is 29.8 Å². The minimum atomic E-state index is -0.221. The molecule has 1 aliphatic rings. The first-order chi connectivity index (χ1) is 17.1. The van der Waals surface area contributed by atoms with Crippen LogP contribution in [-0.2, 0) is 17.9 Å². The van der Waals surface area contributed by atoms with Gasteiger partial charge in [-0.15, -0.1) is 11.8 Å². The van der Waals surface area contributed by atoms with E-state index in [-0.39, 0.29) is 11.9 Å². The number of aromatic nitrogens is 2. The van der Waals surface area contributed by atoms with Crippen molar-refractivity contribution in [1.29, 1.82) is 0 Å². The summed E-state index contributed by atoms with van der Waals surface area (Å²) >= 11 is 8.03. The average Bonchev–Trinajstić information content (AvgIpc) is 3.46. The van der Waals surface area contributed by atoms with Crippen molar-refractivity contribution >= 4 is 34.9 Å². The van der Waals surface area contributed by atoms with Crippen LogP contribution in [0.2, 0.25) is 5.02 Å². The summed E-state index contributed by atoms with van der Waals surface area (Å²) in [5.74, 6) is 0.870. The van der Waals surface area contributed by atoms with Crippen LogP contribution in [0.3, 0.4) is 0 Å². The van der Waals surface area contributed by atoms with E-state index in [4.69, 9.17) is 16.3 Å². The number of hydrogen-bond donors (Lipinski definition) is 1. The van der Waals surface area contributed by atoms with Gasteiger partial charge in [-0.2, -0.15) is 0 Å². The molecule has 3 heterocycles. The highest BCUT2D eigenvalue weighted by Crippen LogP contribution is 2.34. The molecule has 0 aliphatic carbocycles. The number of methoxy groups -OCH3 is 1. The van der Waals surface area contributed by atoms with Gasteiger partial charge in [0.15, 0.2) is 0 Å². The molecule has 4 aromatic rings. The van der Waals surface area contributed by atoms with E-state index in [1.54, 1.807) is 7.11 Å². The van der Waals surface area contributed by atoms with Crippen molar-refractivity contribution in [2.75, 3.05) is 13.7 Å². The normalized spacial score (nSPS) is 18.1. The van der Waals surface area contributed by atoms with Gasteiger partial charge in [-0.05, 0) is 60.5 Å². The van der Waals surface area contributed by atoms with Crippen LogP contribution >= 0.6 is 23.4 Å². The number of thioether (sulfide) groups is 1. The van der Waals surface area contributed by atoms with Crippen molar-refractivity contribution in [3.05, 3.63) is 95.4 Å². The number of pyridine rings is 1. The maximum absolute atomic E-state index is 13.3. The zero-order valence-electron chi connectivity index (χ0n) is 19.4. The van der Waals surface area contributed by atoms with Gasteiger partial charge < -0.3 is 14.5 Å². The number of carbonyl (C=O) groups is 1. The number of benzene rings is 2. The number of fused-ring (bicyclic) bond motifs is 1. The molecule has 0 spiro atoms. The highest BCUT2D eigenvalue weighted by molar-refractivity contribution is 8.00. The maximum atomic E-state index is 13.3. The second kappa shape index (κ2) is 10.7. The van der Waals surface area contributed by atoms with Gasteiger partial charge in [0.25, 0.3) is 0 Å². The van der Waals surface area contributed by atoms with Crippen molar-refractivity contribution in [1.82, 2.24) is 19.6 Å². The number of likely N-dealkylation sites (tertiary alicyclic amines) is 1. The highest BCUT2D eigenvalue weighted by Gasteiger charge is 2.37. The monoisotopic (exact) mass is 506 g/mol. The van der Waals surface area contributed by atoms with E-state index in [2.05, 4.69) is 33.4 Å². The minimum absolute atomic E-state index is 0.0296. The van der Waals surface area contributed by atoms with Crippen LogP contribution in [0.5, 0.6) is 5.75 Å². The number of imidazole rings is 1. The zero-order valence-corrected chi connectivity index (χ0v) is 21.0. The molecule has 1 fully saturated rings. The predicted molar refractivity (Wildman–Crippen MR) is 140 cm³/mol. The van der Waals surface area contributed by atoms with Crippen LogP contribution in [0.15, 0.2) is 84.0 Å². The molecule has 1 aliphatic heterocycles. The summed E-state index contributed by atoms with van der Waals surface area (Å²) in [4.78, 5) is 21.4. The summed E-state index contributed by atoms with van der Waals surface area (Å²) in [5, 5.41) is 4.13. The topological polar surface area (TPSA) is 58.9 Å². The van der Waals surface area contributed by atoms with Crippen LogP contribution in [0.4, 0.5) is 0 Å². The number of amides is 1. The Morgan fingerprint density at radius 3 is 2.80 bits per heavy atom. The zero-order chi connectivity index (χ0) is 24.2. The van der Waals surface area contributed by atoms with E-state index in [0.29, 0.717) is 23.4 Å². The van der Waals surface area contributed by atoms with Gasteiger partial charge in [0, 0.05) is 40.7 Å². The minimum Gasteiger partial charge on any atom is -0.497 e. The fourth-order valence-electron chi connectivity index (χ4n) is 4.48. The summed E-state index contributed by atoms with van der Waals surface area (Å²) in [6, 6.07) is 21.6. The third kappa shape index (κ3) is 5.81. The van der Waals surface area contributed by atoms with Gasteiger partial charge in [-0.25, -0.2) is 4.98 Å². The van der Waals surface area contributed by atoms with Gasteiger partial charge in [0.2, 0.25) is 5.91 Å². The number of halogens is 1. The molecule has 8 heteroatoms. The largest absolute Gasteiger partial charge is 0.497 e. The second-order valence-electron chi connectivity index (χ2n) is 8.64. The van der Waals surface area contributed by atoms with Gasteiger partial charge in [0.05, 0.1) is 25.4 Å². The van der Waals surface area contributed by atoms with Crippen LogP contribution in [0.1, 0.15) is 17.7 Å². The lowest BCUT2D eigenvalue weighted by molar-refractivity contribution is -0.125. The second-order valence-corrected chi connectivity index (χ2v) is 10.5. The predicted octanol–water partition coefficient (Wildman–Crippen LogP) is 5.05. The van der Waals surface area contributed by atoms with Crippen LogP contribution in [0, 0.1) is 0 Å². The van der Waals surface area contributed by atoms with Crippen molar-refractivity contribution in [3.8, 4) is 5.75 Å². The van der Waals surface area contributed by atoms with Crippen molar-refractivity contribution < 1.29 is 9.53 Å². The van der Waals surface area contributed by atoms with Crippen LogP contribution in [-0.4, -0.2) is 45.1 Å². The highest BCUT2D eigenvalue weighted by atomic mass is 35.5. The Morgan fingerprint density at radius 2 is 2.03 bits per heavy atom. The van der Waals surface area contributed by atoms with E-state index >= 15 is 0 Å². The molecule has 180 valence electrons. The first-order valence-electron chi connectivity index (χ1n) is 11.6. The lowest BCUT2D eigenvalue weighted by Crippen LogP contribution is -2.42. The number of rotatable bonds is 8. The van der Waals surface area contributed by atoms with E-state index in [9.17, 15) is 4.79 Å². The van der Waals surface area contributed by atoms with Crippen LogP contribution < -0.4 is 10.1 Å². The molecule has 2 aromatic carbocycles. The lowest BCUT2D eigenvalue weighted by atomic mass is 10.1. The van der Waals surface area contributed by atoms with Crippen molar-refractivity contribution in [3.63, 3.8) is 0 Å². The molecule has 1 N–H and O–H groups in total. The summed E-state index contributed by atoms with van der Waals surface area (Å²) in [5.41, 5.74) is 2.81. The molecule has 0 radical (unpaired) electrons. The van der Waals surface area contributed by atoms with Crippen LogP contribution in [0.25, 0.3) is 5.65 Å². The van der Waals surface area contributed by atoms with E-state index in [1.807, 2.05) is 77.1 Å². The summed E-state index contributed by atoms with van der Waals surface area (Å²) in [7, 11) is 1.67. The van der Waals surface area contributed by atoms with E-state index in [0.717, 1.165) is 35.6 Å². The summed E-state index contributed by atoms with van der Waals surface area (Å²) in [6.45, 7) is 1.89. The van der Waals surface area contributed by atoms with Gasteiger partial charge in [-0.3, -0.25) is 9.69 Å². The third-order valence-electron chi connectivity index (χ3n) is 6.16. The molecule has 0 unspecified atom stereocenters. The molecule has 1 amide bonds. The lowest BCUT2D eigenvalue weighted by Gasteiger charge is -2.23. The molecule has 35 heavy (non-hydrogen) atoms. The van der Waals surface area contributed by atoms with Crippen molar-refractivity contribution in [2.45, 2.75) is 35.7 Å². The Labute approximate surface area is 214 Å². The number of nitrogens with one attached hydrogen (secondary N) is 1. The van der Waals surface area contributed by atoms with Crippen molar-refractivity contribution in [2.24, 2.45) is 0 Å². The smallest absolute Gasteiger partial charge is 0.237 e. The molecular weight excluding hydrogens is 480 g/mol. The number of nitrogens with zero attached hydrogens (tertiary/aromatic N) is 3. The summed E-state index contributed by atoms with van der Waals surface area (Å²) < 4.78 is 7.24. The Hall–Kier alpha value is -3.00. The first-order valence-corrected chi connectivity index (χ1v) is 12.8. The molecule has 1 saturated heterocycles. The Kier molecular flexibility index (Phi) is 7.27. The summed E-state index contributed by atoms with van der Waals surface area (Å²) in [6.07, 6.45) is 4.68. The first kappa shape index (κ1) is 23.7. The molecule has 0 bridgehead atoms. The molecule has 5 rings (SSSR count). The third-order valence-corrected chi connectivity index (χ3v) is 7.62. The maximum Gasteiger partial charge on any atom is 0.237 e. The van der Waals surface area contributed by atoms with E-state index < -0.39 is 0 Å². The Bertz CT molecular complexity index is 1280. The Balaban J connectivity index is 1.28. The fourth-order valence-corrected chi connectivity index (χ4v) is 5.91. The molecular formula is C27H27ClN4O2S. The van der Waals surface area contributed by atoms with Gasteiger partial charge >= 0.3 is 0 Å². The SMILES string of the molecule is COc1ccc(S[C@@H]2C[C@@H](C(=O)NCc3cn4ccccc4n3)N(Cc3cccc(Cl)c3)C2)cc1. The fraction of sp³-hybridized carbons (Fsp3) is 0.259. The standard InChI is InChI=1S/C27H27ClN4O2S/c1-34-22-8-10-23(11-9-22)35-24-14-25(32(18-24)16-19-5-4-6-20(28)13-19)27(33)29-15-21-17-31-12-3-2-7-26(31)30-21/h2-13,17,24-25H,14-16,18H2,1H3,(H,29,33)/t24-,25+/m1/s1. The van der Waals surface area contributed by atoms with E-state index in [1.165, 1.54) is 4.90 Å². The quantitative estimate of drug-likeness (QED) is 0.362. The van der Waals surface area contributed by atoms with Gasteiger partial charge in [0.1, 0.15) is 11.4 Å². The molecule has 0 saturated carbocycles. The molecule has 2 aromatic heterocycles. The molecule has 2 atom stereocenters. The Morgan fingerprint density at radius 1 is 1.17 bits per heavy atom. The molecule has 6 nitrogen and oxygen atoms in total. The average molecular weight is 507 g/mol. The number of carbonyl (C=O) groups excluding carboxylic acids is 1. The number of hydrogen-bond acceptors (Lipinski definition) is 5.